The van der Waals surface area contributed by atoms with Crippen molar-refractivity contribution in [2.45, 2.75) is 66.0 Å². The second kappa shape index (κ2) is 4.65. The minimum Gasteiger partial charge on any atom is -0.319 e. The molecule has 1 saturated heterocycles. The lowest BCUT2D eigenvalue weighted by molar-refractivity contribution is -0.958. The molecule has 1 unspecified atom stereocenters. The Labute approximate surface area is 90.1 Å². The summed E-state index contributed by atoms with van der Waals surface area (Å²) in [6.45, 7) is 14.8. The summed E-state index contributed by atoms with van der Waals surface area (Å²) in [6, 6.07) is 1.67. The monoisotopic (exact) mass is 198 g/mol. The number of rotatable bonds is 4. The van der Waals surface area contributed by atoms with E-state index in [4.69, 9.17) is 0 Å². The Morgan fingerprint density at radius 2 is 1.43 bits per heavy atom. The average molecular weight is 198 g/mol. The highest BCUT2D eigenvalue weighted by Crippen LogP contribution is 2.30. The molecular formula is C13H28N+. The average Bonchev–Trinajstić information content (AvgIpc) is 2.51. The Bertz CT molecular complexity index is 166. The van der Waals surface area contributed by atoms with Gasteiger partial charge in [-0.05, 0) is 26.7 Å². The number of nitrogens with zero attached hydrogens (tertiary/aromatic N) is 1. The van der Waals surface area contributed by atoms with Gasteiger partial charge in [0.15, 0.2) is 0 Å². The van der Waals surface area contributed by atoms with Crippen LogP contribution in [-0.2, 0) is 0 Å². The maximum absolute atomic E-state index is 2.46. The van der Waals surface area contributed by atoms with Crippen LogP contribution in [-0.4, -0.2) is 29.7 Å². The van der Waals surface area contributed by atoms with Crippen LogP contribution in [0.25, 0.3) is 0 Å². The highest BCUT2D eigenvalue weighted by Gasteiger charge is 2.39. The molecule has 1 heteroatoms. The molecule has 0 N–H and O–H groups in total. The predicted octanol–water partition coefficient (Wildman–Crippen LogP) is 3.44. The van der Waals surface area contributed by atoms with E-state index in [9.17, 15) is 0 Å². The van der Waals surface area contributed by atoms with Crippen molar-refractivity contribution >= 4 is 0 Å². The highest BCUT2D eigenvalue weighted by molar-refractivity contribution is 4.65. The molecule has 0 aromatic carbocycles. The SMILES string of the molecule is CC(C)CC(C)[N+]1(C(C)C)CCCC1. The molecule has 14 heavy (non-hydrogen) atoms. The summed E-state index contributed by atoms with van der Waals surface area (Å²) >= 11 is 0. The van der Waals surface area contributed by atoms with Crippen LogP contribution in [0.1, 0.15) is 53.9 Å². The quantitative estimate of drug-likeness (QED) is 0.607. The van der Waals surface area contributed by atoms with Gasteiger partial charge in [0, 0.05) is 19.3 Å². The lowest BCUT2D eigenvalue weighted by atomic mass is 10.00. The van der Waals surface area contributed by atoms with E-state index in [0.717, 1.165) is 18.0 Å². The molecule has 1 heterocycles. The molecule has 0 radical (unpaired) electrons. The molecule has 84 valence electrons. The number of likely N-dealkylation sites (tertiary alicyclic amines) is 1. The van der Waals surface area contributed by atoms with Crippen LogP contribution in [0, 0.1) is 5.92 Å². The summed E-state index contributed by atoms with van der Waals surface area (Å²) < 4.78 is 1.39. The van der Waals surface area contributed by atoms with Gasteiger partial charge in [-0.15, -0.1) is 0 Å². The third-order valence-electron chi connectivity index (χ3n) is 4.12. The Kier molecular flexibility index (Phi) is 4.00. The van der Waals surface area contributed by atoms with Gasteiger partial charge in [-0.1, -0.05) is 13.8 Å². The zero-order valence-electron chi connectivity index (χ0n) is 10.7. The Morgan fingerprint density at radius 1 is 0.929 bits per heavy atom. The van der Waals surface area contributed by atoms with Gasteiger partial charge in [0.1, 0.15) is 0 Å². The first-order valence-corrected chi connectivity index (χ1v) is 6.35. The lowest BCUT2D eigenvalue weighted by Crippen LogP contribution is -2.56. The molecule has 0 aliphatic carbocycles. The molecule has 0 amide bonds. The standard InChI is InChI=1S/C13H28N/c1-11(2)10-13(5)14(12(3)4)8-6-7-9-14/h11-13H,6-10H2,1-5H3/q+1. The van der Waals surface area contributed by atoms with E-state index < -0.39 is 0 Å². The van der Waals surface area contributed by atoms with E-state index in [1.807, 2.05) is 0 Å². The molecule has 0 bridgehead atoms. The minimum absolute atomic E-state index is 0.811. The van der Waals surface area contributed by atoms with Crippen LogP contribution in [0.5, 0.6) is 0 Å². The molecule has 1 atom stereocenters. The second-order valence-electron chi connectivity index (χ2n) is 5.83. The van der Waals surface area contributed by atoms with Crippen molar-refractivity contribution in [3.63, 3.8) is 0 Å². The first kappa shape index (κ1) is 12.0. The van der Waals surface area contributed by atoms with Gasteiger partial charge in [-0.3, -0.25) is 0 Å². The van der Waals surface area contributed by atoms with Crippen molar-refractivity contribution in [3.05, 3.63) is 0 Å². The molecule has 1 rings (SSSR count). The molecule has 1 aliphatic rings. The third-order valence-corrected chi connectivity index (χ3v) is 4.12. The van der Waals surface area contributed by atoms with E-state index in [-0.39, 0.29) is 0 Å². The molecule has 0 spiro atoms. The van der Waals surface area contributed by atoms with Gasteiger partial charge in [0.25, 0.3) is 0 Å². The Morgan fingerprint density at radius 3 is 1.79 bits per heavy atom. The summed E-state index contributed by atoms with van der Waals surface area (Å²) in [5.74, 6) is 0.847. The molecule has 1 aliphatic heterocycles. The largest absolute Gasteiger partial charge is 0.319 e. The van der Waals surface area contributed by atoms with Crippen LogP contribution >= 0.6 is 0 Å². The third kappa shape index (κ3) is 2.31. The van der Waals surface area contributed by atoms with Crippen LogP contribution < -0.4 is 0 Å². The topological polar surface area (TPSA) is 0 Å². The number of hydrogen-bond acceptors (Lipinski definition) is 0. The molecule has 1 fully saturated rings. The first-order chi connectivity index (χ1) is 6.49. The van der Waals surface area contributed by atoms with Crippen molar-refractivity contribution in [2.75, 3.05) is 13.1 Å². The lowest BCUT2D eigenvalue weighted by Gasteiger charge is -2.44. The van der Waals surface area contributed by atoms with E-state index in [1.165, 1.54) is 36.8 Å². The summed E-state index contributed by atoms with van der Waals surface area (Å²) in [4.78, 5) is 0. The van der Waals surface area contributed by atoms with Crippen LogP contribution in [0.3, 0.4) is 0 Å². The smallest absolute Gasteiger partial charge is 0.0866 e. The summed E-state index contributed by atoms with van der Waals surface area (Å²) in [6.07, 6.45) is 4.28. The van der Waals surface area contributed by atoms with Crippen molar-refractivity contribution in [1.29, 1.82) is 0 Å². The Balaban J connectivity index is 2.67. The molecular weight excluding hydrogens is 170 g/mol. The molecule has 0 aromatic rings. The summed E-state index contributed by atoms with van der Waals surface area (Å²) in [7, 11) is 0. The number of hydrogen-bond donors (Lipinski definition) is 0. The van der Waals surface area contributed by atoms with Crippen LogP contribution in [0.2, 0.25) is 0 Å². The number of quaternary nitrogens is 1. The summed E-state index contributed by atoms with van der Waals surface area (Å²) in [5, 5.41) is 0. The Hall–Kier alpha value is -0.0400. The fourth-order valence-electron chi connectivity index (χ4n) is 3.28. The van der Waals surface area contributed by atoms with Gasteiger partial charge in [0.2, 0.25) is 0 Å². The molecule has 1 nitrogen and oxygen atoms in total. The van der Waals surface area contributed by atoms with Gasteiger partial charge < -0.3 is 4.48 Å². The van der Waals surface area contributed by atoms with Gasteiger partial charge in [-0.2, -0.15) is 0 Å². The second-order valence-corrected chi connectivity index (χ2v) is 5.83. The zero-order chi connectivity index (χ0) is 10.8. The maximum Gasteiger partial charge on any atom is 0.0866 e. The van der Waals surface area contributed by atoms with Crippen molar-refractivity contribution in [3.8, 4) is 0 Å². The highest BCUT2D eigenvalue weighted by atomic mass is 15.4. The van der Waals surface area contributed by atoms with Crippen molar-refractivity contribution in [1.82, 2.24) is 0 Å². The molecule has 0 saturated carbocycles. The fourth-order valence-corrected chi connectivity index (χ4v) is 3.28. The van der Waals surface area contributed by atoms with Gasteiger partial charge in [-0.25, -0.2) is 0 Å². The maximum atomic E-state index is 2.46. The minimum atomic E-state index is 0.811. The van der Waals surface area contributed by atoms with Crippen LogP contribution in [0.4, 0.5) is 0 Å². The van der Waals surface area contributed by atoms with Gasteiger partial charge >= 0.3 is 0 Å². The van der Waals surface area contributed by atoms with E-state index in [0.29, 0.717) is 0 Å². The van der Waals surface area contributed by atoms with Crippen LogP contribution in [0.15, 0.2) is 0 Å². The summed E-state index contributed by atoms with van der Waals surface area (Å²) in [5.41, 5.74) is 0. The van der Waals surface area contributed by atoms with E-state index in [1.54, 1.807) is 0 Å². The normalized spacial score (nSPS) is 23.4. The van der Waals surface area contributed by atoms with Crippen molar-refractivity contribution < 1.29 is 4.48 Å². The first-order valence-electron chi connectivity index (χ1n) is 6.35. The van der Waals surface area contributed by atoms with Gasteiger partial charge in [0.05, 0.1) is 25.2 Å². The van der Waals surface area contributed by atoms with E-state index in [2.05, 4.69) is 34.6 Å². The predicted molar refractivity (Wildman–Crippen MR) is 63.3 cm³/mol. The van der Waals surface area contributed by atoms with E-state index >= 15 is 0 Å². The zero-order valence-corrected chi connectivity index (χ0v) is 10.7. The van der Waals surface area contributed by atoms with Crippen molar-refractivity contribution in [2.24, 2.45) is 5.92 Å². The fraction of sp³-hybridized carbons (Fsp3) is 1.00. The molecule has 0 aromatic heterocycles.